The van der Waals surface area contributed by atoms with Crippen molar-refractivity contribution in [1.82, 2.24) is 0 Å². The Hall–Kier alpha value is -1.78. The lowest BCUT2D eigenvalue weighted by Crippen LogP contribution is -2.10. The van der Waals surface area contributed by atoms with Gasteiger partial charge in [-0.15, -0.1) is 0 Å². The molecule has 1 aromatic heterocycles. The first-order chi connectivity index (χ1) is 6.99. The number of hydrogen-bond acceptors (Lipinski definition) is 5. The Bertz CT molecular complexity index is 406. The predicted octanol–water partition coefficient (Wildman–Crippen LogP) is 1.55. The zero-order valence-corrected chi connectivity index (χ0v) is 8.92. The summed E-state index contributed by atoms with van der Waals surface area (Å²) < 4.78 is 9.81. The van der Waals surface area contributed by atoms with Gasteiger partial charge in [0.05, 0.1) is 12.2 Å². The molecule has 0 atom stereocenters. The van der Waals surface area contributed by atoms with Crippen molar-refractivity contribution in [3.05, 3.63) is 16.9 Å². The number of nitrogens with two attached hydrogens (primary N) is 1. The fourth-order valence-electron chi connectivity index (χ4n) is 1.40. The van der Waals surface area contributed by atoms with Crippen LogP contribution in [0.1, 0.15) is 40.3 Å². The van der Waals surface area contributed by atoms with E-state index in [9.17, 15) is 9.59 Å². The van der Waals surface area contributed by atoms with Gasteiger partial charge in [-0.05, 0) is 20.8 Å². The summed E-state index contributed by atoms with van der Waals surface area (Å²) in [5.74, 6) is -0.632. The molecule has 0 unspecified atom stereocenters. The van der Waals surface area contributed by atoms with Crippen LogP contribution in [-0.2, 0) is 4.74 Å². The topological polar surface area (TPSA) is 82.5 Å². The fraction of sp³-hybridized carbons (Fsp3) is 0.400. The van der Waals surface area contributed by atoms with Crippen LogP contribution in [0.5, 0.6) is 0 Å². The molecule has 0 aliphatic heterocycles. The third-order valence-corrected chi connectivity index (χ3v) is 1.94. The lowest BCUT2D eigenvalue weighted by molar-refractivity contribution is 0.0524. The summed E-state index contributed by atoms with van der Waals surface area (Å²) in [6.45, 7) is 4.82. The van der Waals surface area contributed by atoms with E-state index >= 15 is 0 Å². The van der Waals surface area contributed by atoms with Gasteiger partial charge in [-0.2, -0.15) is 0 Å². The van der Waals surface area contributed by atoms with Crippen molar-refractivity contribution in [3.63, 3.8) is 0 Å². The number of carbonyl (C=O) groups is 2. The molecule has 82 valence electrons. The summed E-state index contributed by atoms with van der Waals surface area (Å²) in [6.07, 6.45) is 0. The number of anilines is 1. The monoisotopic (exact) mass is 211 g/mol. The standard InChI is InChI=1S/C10H13NO4/c1-4-14-10(13)8-7(5(2)12)6(3)15-9(8)11/h4,11H2,1-3H3. The van der Waals surface area contributed by atoms with E-state index in [4.69, 9.17) is 14.9 Å². The van der Waals surface area contributed by atoms with Crippen LogP contribution in [-0.4, -0.2) is 18.4 Å². The van der Waals surface area contributed by atoms with E-state index in [2.05, 4.69) is 0 Å². The molecule has 1 rings (SSSR count). The average molecular weight is 211 g/mol. The van der Waals surface area contributed by atoms with Crippen LogP contribution in [0.3, 0.4) is 0 Å². The molecule has 2 N–H and O–H groups in total. The molecule has 15 heavy (non-hydrogen) atoms. The van der Waals surface area contributed by atoms with Crippen molar-refractivity contribution in [2.24, 2.45) is 0 Å². The lowest BCUT2D eigenvalue weighted by atomic mass is 10.1. The minimum absolute atomic E-state index is 0.0295. The molecular formula is C10H13NO4. The molecule has 0 saturated heterocycles. The highest BCUT2D eigenvalue weighted by molar-refractivity contribution is 6.08. The molecule has 0 radical (unpaired) electrons. The molecular weight excluding hydrogens is 198 g/mol. The maximum Gasteiger partial charge on any atom is 0.344 e. The molecule has 0 saturated carbocycles. The minimum atomic E-state index is -0.628. The molecule has 1 heterocycles. The number of rotatable bonds is 3. The van der Waals surface area contributed by atoms with Crippen molar-refractivity contribution >= 4 is 17.6 Å². The third kappa shape index (κ3) is 2.01. The lowest BCUT2D eigenvalue weighted by Gasteiger charge is -2.01. The fourth-order valence-corrected chi connectivity index (χ4v) is 1.40. The molecule has 0 fully saturated rings. The van der Waals surface area contributed by atoms with E-state index in [0.29, 0.717) is 5.76 Å². The van der Waals surface area contributed by atoms with E-state index in [1.54, 1.807) is 13.8 Å². The molecule has 1 aromatic rings. The predicted molar refractivity (Wildman–Crippen MR) is 53.8 cm³/mol. The number of furan rings is 1. The van der Waals surface area contributed by atoms with Crippen LogP contribution >= 0.6 is 0 Å². The summed E-state index contributed by atoms with van der Waals surface area (Å²) in [7, 11) is 0. The molecule has 0 aliphatic carbocycles. The van der Waals surface area contributed by atoms with E-state index in [1.165, 1.54) is 6.92 Å². The van der Waals surface area contributed by atoms with Crippen LogP contribution < -0.4 is 5.73 Å². The van der Waals surface area contributed by atoms with E-state index < -0.39 is 5.97 Å². The average Bonchev–Trinajstić information content (AvgIpc) is 2.41. The molecule has 0 amide bonds. The Balaban J connectivity index is 3.26. The summed E-state index contributed by atoms with van der Waals surface area (Å²) in [5, 5.41) is 0. The number of aryl methyl sites for hydroxylation is 1. The van der Waals surface area contributed by atoms with Gasteiger partial charge in [0.2, 0.25) is 5.88 Å². The second kappa shape index (κ2) is 4.16. The third-order valence-electron chi connectivity index (χ3n) is 1.94. The number of hydrogen-bond donors (Lipinski definition) is 1. The van der Waals surface area contributed by atoms with E-state index in [1.807, 2.05) is 0 Å². The van der Waals surface area contributed by atoms with Crippen LogP contribution in [0.2, 0.25) is 0 Å². The number of carbonyl (C=O) groups excluding carboxylic acids is 2. The van der Waals surface area contributed by atoms with E-state index in [0.717, 1.165) is 0 Å². The van der Waals surface area contributed by atoms with Crippen molar-refractivity contribution in [2.45, 2.75) is 20.8 Å². The number of esters is 1. The number of Topliss-reactive ketones (excluding diaryl/α,β-unsaturated/α-hetero) is 1. The largest absolute Gasteiger partial charge is 0.462 e. The zero-order chi connectivity index (χ0) is 11.6. The van der Waals surface area contributed by atoms with Crippen molar-refractivity contribution in [3.8, 4) is 0 Å². The number of ether oxygens (including phenoxy) is 1. The van der Waals surface area contributed by atoms with Gasteiger partial charge in [-0.3, -0.25) is 4.79 Å². The first-order valence-corrected chi connectivity index (χ1v) is 4.56. The van der Waals surface area contributed by atoms with Gasteiger partial charge in [-0.25, -0.2) is 4.79 Å². The molecule has 0 aromatic carbocycles. The van der Waals surface area contributed by atoms with Gasteiger partial charge in [0.15, 0.2) is 5.78 Å². The second-order valence-electron chi connectivity index (χ2n) is 3.05. The van der Waals surface area contributed by atoms with Crippen molar-refractivity contribution in [2.75, 3.05) is 12.3 Å². The highest BCUT2D eigenvalue weighted by Crippen LogP contribution is 2.25. The maximum atomic E-state index is 11.5. The highest BCUT2D eigenvalue weighted by atomic mass is 16.5. The van der Waals surface area contributed by atoms with Gasteiger partial charge in [0, 0.05) is 0 Å². The van der Waals surface area contributed by atoms with Gasteiger partial charge >= 0.3 is 5.97 Å². The first-order valence-electron chi connectivity index (χ1n) is 4.56. The van der Waals surface area contributed by atoms with Crippen molar-refractivity contribution < 1.29 is 18.7 Å². The number of nitrogen functional groups attached to an aromatic ring is 1. The highest BCUT2D eigenvalue weighted by Gasteiger charge is 2.25. The van der Waals surface area contributed by atoms with Crippen LogP contribution in [0.25, 0.3) is 0 Å². The summed E-state index contributed by atoms with van der Waals surface area (Å²) >= 11 is 0. The number of ketones is 1. The molecule has 5 nitrogen and oxygen atoms in total. The van der Waals surface area contributed by atoms with Gasteiger partial charge in [-0.1, -0.05) is 0 Å². The summed E-state index contributed by atoms with van der Waals surface area (Å²) in [6, 6.07) is 0. The SMILES string of the molecule is CCOC(=O)c1c(N)oc(C)c1C(C)=O. The Morgan fingerprint density at radius 2 is 2.00 bits per heavy atom. The zero-order valence-electron chi connectivity index (χ0n) is 8.92. The Morgan fingerprint density at radius 1 is 1.40 bits per heavy atom. The van der Waals surface area contributed by atoms with Gasteiger partial charge in [0.25, 0.3) is 0 Å². The molecule has 0 spiro atoms. The Labute approximate surface area is 87.2 Å². The smallest absolute Gasteiger partial charge is 0.344 e. The first kappa shape index (κ1) is 11.3. The van der Waals surface area contributed by atoms with Gasteiger partial charge < -0.3 is 14.9 Å². The minimum Gasteiger partial charge on any atom is -0.462 e. The maximum absolute atomic E-state index is 11.5. The second-order valence-corrected chi connectivity index (χ2v) is 3.05. The quantitative estimate of drug-likeness (QED) is 0.605. The summed E-state index contributed by atoms with van der Waals surface area (Å²) in [4.78, 5) is 22.8. The normalized spacial score (nSPS) is 10.1. The molecule has 0 bridgehead atoms. The van der Waals surface area contributed by atoms with Gasteiger partial charge in [0.1, 0.15) is 11.3 Å². The van der Waals surface area contributed by atoms with Crippen LogP contribution in [0.4, 0.5) is 5.88 Å². The molecule has 5 heteroatoms. The Kier molecular flexibility index (Phi) is 3.14. The molecule has 0 aliphatic rings. The van der Waals surface area contributed by atoms with Crippen LogP contribution in [0.15, 0.2) is 4.42 Å². The van der Waals surface area contributed by atoms with Crippen molar-refractivity contribution in [1.29, 1.82) is 0 Å². The van der Waals surface area contributed by atoms with Crippen LogP contribution in [0, 0.1) is 6.92 Å². The summed E-state index contributed by atoms with van der Waals surface area (Å²) in [5.41, 5.74) is 5.72. The van der Waals surface area contributed by atoms with E-state index in [-0.39, 0.29) is 29.4 Å². The Morgan fingerprint density at radius 3 is 2.47 bits per heavy atom.